The lowest BCUT2D eigenvalue weighted by Gasteiger charge is -2.22. The van der Waals surface area contributed by atoms with Gasteiger partial charge in [0, 0.05) is 16.1 Å². The minimum Gasteiger partial charge on any atom is -0.493 e. The smallest absolute Gasteiger partial charge is 0.247 e. The van der Waals surface area contributed by atoms with Crippen LogP contribution in [0.1, 0.15) is 31.7 Å². The van der Waals surface area contributed by atoms with E-state index in [2.05, 4.69) is 24.3 Å². The van der Waals surface area contributed by atoms with Crippen LogP contribution < -0.4 is 15.0 Å². The Morgan fingerprint density at radius 2 is 1.79 bits per heavy atom. The maximum absolute atomic E-state index is 12.0. The van der Waals surface area contributed by atoms with E-state index in [1.54, 1.807) is 31.5 Å². The molecule has 0 radical (unpaired) electrons. The van der Waals surface area contributed by atoms with Crippen molar-refractivity contribution in [2.24, 2.45) is 5.92 Å². The Labute approximate surface area is 171 Å². The van der Waals surface area contributed by atoms with Gasteiger partial charge in [-0.15, -0.1) is 11.8 Å². The third kappa shape index (κ3) is 6.46. The third-order valence-corrected chi connectivity index (χ3v) is 6.24. The number of benzene rings is 2. The molecule has 2 aromatic carbocycles. The minimum absolute atomic E-state index is 0.0426. The number of ether oxygens (including phenoxy) is 2. The Morgan fingerprint density at radius 3 is 2.43 bits per heavy atom. The van der Waals surface area contributed by atoms with Crippen molar-refractivity contribution >= 4 is 17.7 Å². The van der Waals surface area contributed by atoms with Gasteiger partial charge in [0.25, 0.3) is 0 Å². The second-order valence-corrected chi connectivity index (χ2v) is 7.98. The fourth-order valence-electron chi connectivity index (χ4n) is 3.07. The molecule has 2 atom stereocenters. The average Bonchev–Trinajstić information content (AvgIpc) is 2.75. The molecule has 0 saturated heterocycles. The molecule has 28 heavy (non-hydrogen) atoms. The van der Waals surface area contributed by atoms with Gasteiger partial charge in [-0.2, -0.15) is 0 Å². The Kier molecular flexibility index (Phi) is 9.17. The zero-order valence-electron chi connectivity index (χ0n) is 16.7. The van der Waals surface area contributed by atoms with Gasteiger partial charge in [0.1, 0.15) is 0 Å². The van der Waals surface area contributed by atoms with Crippen molar-refractivity contribution in [3.63, 3.8) is 0 Å². The third-order valence-electron chi connectivity index (χ3n) is 4.77. The Morgan fingerprint density at radius 1 is 1.07 bits per heavy atom. The Bertz CT molecular complexity index is 739. The van der Waals surface area contributed by atoms with Gasteiger partial charge in [0.05, 0.1) is 14.2 Å². The standard InChI is InChI=1S/C22H29NO4S/c1-16(22(24)23-25)21(12-8-7-11-17-9-5-4-6-10-17)28-18-13-14-19(26-2)20(15-18)27-3/h4-6,9-10,13-16,21,25H,7-8,11-12H2,1-3H3,(H,23,24). The summed E-state index contributed by atoms with van der Waals surface area (Å²) in [6.45, 7) is 1.85. The molecule has 0 spiro atoms. The predicted octanol–water partition coefficient (Wildman–Crippen LogP) is 4.72. The number of hydroxylamine groups is 1. The molecule has 0 heterocycles. The highest BCUT2D eigenvalue weighted by molar-refractivity contribution is 8.00. The first-order valence-corrected chi connectivity index (χ1v) is 10.3. The van der Waals surface area contributed by atoms with Crippen molar-refractivity contribution in [1.82, 2.24) is 5.48 Å². The molecule has 152 valence electrons. The minimum atomic E-state index is -0.360. The van der Waals surface area contributed by atoms with Crippen molar-refractivity contribution in [3.8, 4) is 11.5 Å². The Balaban J connectivity index is 2.01. The molecule has 2 rings (SSSR count). The van der Waals surface area contributed by atoms with Crippen molar-refractivity contribution in [1.29, 1.82) is 0 Å². The number of aryl methyl sites for hydroxylation is 1. The van der Waals surface area contributed by atoms with Gasteiger partial charge in [-0.3, -0.25) is 10.0 Å². The van der Waals surface area contributed by atoms with E-state index in [9.17, 15) is 4.79 Å². The van der Waals surface area contributed by atoms with Crippen LogP contribution in [0.15, 0.2) is 53.4 Å². The summed E-state index contributed by atoms with van der Waals surface area (Å²) in [6.07, 6.45) is 3.96. The van der Waals surface area contributed by atoms with Crippen LogP contribution in [0.2, 0.25) is 0 Å². The van der Waals surface area contributed by atoms with Gasteiger partial charge in [0.2, 0.25) is 5.91 Å². The normalized spacial score (nSPS) is 12.9. The van der Waals surface area contributed by atoms with Crippen molar-refractivity contribution < 1.29 is 19.5 Å². The van der Waals surface area contributed by atoms with Crippen LogP contribution in [0.25, 0.3) is 0 Å². The average molecular weight is 404 g/mol. The molecule has 2 unspecified atom stereocenters. The highest BCUT2D eigenvalue weighted by atomic mass is 32.2. The first kappa shape index (κ1) is 22.1. The van der Waals surface area contributed by atoms with Crippen LogP contribution in [0.4, 0.5) is 0 Å². The number of hydrogen-bond donors (Lipinski definition) is 2. The van der Waals surface area contributed by atoms with Crippen LogP contribution in [-0.2, 0) is 11.2 Å². The zero-order valence-corrected chi connectivity index (χ0v) is 17.5. The number of nitrogens with one attached hydrogen (secondary N) is 1. The summed E-state index contributed by atoms with van der Waals surface area (Å²) >= 11 is 1.63. The summed E-state index contributed by atoms with van der Waals surface area (Å²) in [7, 11) is 3.21. The molecule has 6 heteroatoms. The fraction of sp³-hybridized carbons (Fsp3) is 0.409. The SMILES string of the molecule is COc1ccc(SC(CCCCc2ccccc2)C(C)C(=O)NO)cc1OC. The molecule has 0 aliphatic carbocycles. The molecule has 0 aliphatic rings. The largest absolute Gasteiger partial charge is 0.493 e. The number of hydrogen-bond acceptors (Lipinski definition) is 5. The summed E-state index contributed by atoms with van der Waals surface area (Å²) in [5.74, 6) is 0.655. The van der Waals surface area contributed by atoms with E-state index in [1.165, 1.54) is 5.56 Å². The van der Waals surface area contributed by atoms with Crippen LogP contribution in [0, 0.1) is 5.92 Å². The Hall–Kier alpha value is -2.18. The monoisotopic (exact) mass is 403 g/mol. The summed E-state index contributed by atoms with van der Waals surface area (Å²) in [4.78, 5) is 13.0. The van der Waals surface area contributed by atoms with Crippen molar-refractivity contribution in [2.45, 2.75) is 42.8 Å². The van der Waals surface area contributed by atoms with E-state index in [-0.39, 0.29) is 17.1 Å². The molecule has 0 aliphatic heterocycles. The lowest BCUT2D eigenvalue weighted by Crippen LogP contribution is -2.32. The van der Waals surface area contributed by atoms with Crippen LogP contribution in [0.3, 0.4) is 0 Å². The second-order valence-electron chi connectivity index (χ2n) is 6.67. The molecular formula is C22H29NO4S. The van der Waals surface area contributed by atoms with Crippen LogP contribution in [0.5, 0.6) is 11.5 Å². The van der Waals surface area contributed by atoms with E-state index < -0.39 is 0 Å². The fourth-order valence-corrected chi connectivity index (χ4v) is 4.35. The number of amides is 1. The predicted molar refractivity (Wildman–Crippen MR) is 112 cm³/mol. The summed E-state index contributed by atoms with van der Waals surface area (Å²) in [5.41, 5.74) is 3.12. The molecule has 0 saturated carbocycles. The first-order chi connectivity index (χ1) is 13.6. The van der Waals surface area contributed by atoms with E-state index in [0.29, 0.717) is 11.5 Å². The second kappa shape index (κ2) is 11.6. The quantitative estimate of drug-likeness (QED) is 0.246. The zero-order chi connectivity index (χ0) is 20.4. The van der Waals surface area contributed by atoms with Crippen molar-refractivity contribution in [3.05, 3.63) is 54.1 Å². The van der Waals surface area contributed by atoms with Crippen LogP contribution in [-0.4, -0.2) is 30.6 Å². The number of carbonyl (C=O) groups excluding carboxylic acids is 1. The molecule has 0 bridgehead atoms. The molecule has 1 amide bonds. The van der Waals surface area contributed by atoms with E-state index in [0.717, 1.165) is 30.6 Å². The van der Waals surface area contributed by atoms with Crippen molar-refractivity contribution in [2.75, 3.05) is 14.2 Å². The molecule has 0 fully saturated rings. The van der Waals surface area contributed by atoms with Gasteiger partial charge >= 0.3 is 0 Å². The molecule has 5 nitrogen and oxygen atoms in total. The van der Waals surface area contributed by atoms with Gasteiger partial charge in [-0.05, 0) is 43.0 Å². The summed E-state index contributed by atoms with van der Waals surface area (Å²) < 4.78 is 10.7. The summed E-state index contributed by atoms with van der Waals surface area (Å²) in [6, 6.07) is 16.2. The topological polar surface area (TPSA) is 67.8 Å². The summed E-state index contributed by atoms with van der Waals surface area (Å²) in [5, 5.41) is 9.09. The molecule has 2 aromatic rings. The lowest BCUT2D eigenvalue weighted by molar-refractivity contribution is -0.132. The number of thioether (sulfide) groups is 1. The number of carbonyl (C=O) groups is 1. The van der Waals surface area contributed by atoms with Gasteiger partial charge in [0.15, 0.2) is 11.5 Å². The maximum Gasteiger partial charge on any atom is 0.247 e. The van der Waals surface area contributed by atoms with Gasteiger partial charge < -0.3 is 9.47 Å². The lowest BCUT2D eigenvalue weighted by atomic mass is 10.00. The first-order valence-electron chi connectivity index (χ1n) is 9.45. The maximum atomic E-state index is 12.0. The molecule has 0 aromatic heterocycles. The van der Waals surface area contributed by atoms with E-state index in [1.807, 2.05) is 31.2 Å². The van der Waals surface area contributed by atoms with Crippen LogP contribution >= 0.6 is 11.8 Å². The van der Waals surface area contributed by atoms with Gasteiger partial charge in [-0.25, -0.2) is 5.48 Å². The number of unbranched alkanes of at least 4 members (excludes halogenated alkanes) is 1. The number of methoxy groups -OCH3 is 2. The highest BCUT2D eigenvalue weighted by Gasteiger charge is 2.25. The number of rotatable bonds is 11. The highest BCUT2D eigenvalue weighted by Crippen LogP contribution is 2.37. The van der Waals surface area contributed by atoms with Gasteiger partial charge in [-0.1, -0.05) is 43.7 Å². The molecule has 2 N–H and O–H groups in total. The van der Waals surface area contributed by atoms with E-state index >= 15 is 0 Å². The van der Waals surface area contributed by atoms with E-state index in [4.69, 9.17) is 14.7 Å². The molecular weight excluding hydrogens is 374 g/mol.